The van der Waals surface area contributed by atoms with Gasteiger partial charge in [0, 0.05) is 5.69 Å². The van der Waals surface area contributed by atoms with E-state index < -0.39 is 0 Å². The van der Waals surface area contributed by atoms with E-state index in [1.54, 1.807) is 0 Å². The van der Waals surface area contributed by atoms with Crippen LogP contribution in [0.1, 0.15) is 24.8 Å². The number of morpholine rings is 1. The Morgan fingerprint density at radius 2 is 1.87 bits per heavy atom. The summed E-state index contributed by atoms with van der Waals surface area (Å²) in [6.07, 6.45) is 4.88. The maximum Gasteiger partial charge on any atom is 0.247 e. The van der Waals surface area contributed by atoms with Crippen molar-refractivity contribution in [1.29, 1.82) is 0 Å². The highest BCUT2D eigenvalue weighted by molar-refractivity contribution is 5.98. The molecular weight excluding hydrogens is 292 g/mol. The van der Waals surface area contributed by atoms with Crippen LogP contribution in [0.15, 0.2) is 36.9 Å². The molecule has 1 aromatic rings. The molecule has 0 saturated carbocycles. The molecule has 2 atom stereocenters. The molecule has 1 N–H and O–H groups in total. The van der Waals surface area contributed by atoms with Crippen LogP contribution in [-0.4, -0.2) is 42.0 Å². The second kappa shape index (κ2) is 6.96. The summed E-state index contributed by atoms with van der Waals surface area (Å²) in [6.45, 7) is 4.74. The number of hydrogen-bond acceptors (Lipinski definition) is 3. The van der Waals surface area contributed by atoms with Crippen molar-refractivity contribution in [2.75, 3.05) is 18.5 Å². The van der Waals surface area contributed by atoms with E-state index in [-0.39, 0.29) is 23.9 Å². The number of fused-ring (bicyclic) bond motifs is 2. The second-order valence-electron chi connectivity index (χ2n) is 6.14. The van der Waals surface area contributed by atoms with Gasteiger partial charge in [-0.1, -0.05) is 18.7 Å². The molecule has 2 fully saturated rings. The fraction of sp³-hybridized carbons (Fsp3) is 0.444. The summed E-state index contributed by atoms with van der Waals surface area (Å²) in [5, 5.41) is 2.70. The van der Waals surface area contributed by atoms with Crippen LogP contribution in [0, 0.1) is 0 Å². The minimum Gasteiger partial charge on any atom is -0.377 e. The molecule has 2 amide bonds. The molecule has 0 aliphatic carbocycles. The van der Waals surface area contributed by atoms with E-state index in [0.717, 1.165) is 18.4 Å². The van der Waals surface area contributed by atoms with Crippen LogP contribution < -0.4 is 5.32 Å². The maximum atomic E-state index is 12.7. The zero-order chi connectivity index (χ0) is 16.2. The van der Waals surface area contributed by atoms with Gasteiger partial charge in [-0.05, 0) is 43.0 Å². The number of benzene rings is 1. The summed E-state index contributed by atoms with van der Waals surface area (Å²) in [5.41, 5.74) is 1.66. The zero-order valence-electron chi connectivity index (χ0n) is 13.2. The Kier molecular flexibility index (Phi) is 4.76. The van der Waals surface area contributed by atoms with Crippen molar-refractivity contribution < 1.29 is 14.3 Å². The Morgan fingerprint density at radius 3 is 2.48 bits per heavy atom. The largest absolute Gasteiger partial charge is 0.377 e. The predicted molar refractivity (Wildman–Crippen MR) is 88.1 cm³/mol. The quantitative estimate of drug-likeness (QED) is 0.866. The van der Waals surface area contributed by atoms with Crippen molar-refractivity contribution in [2.45, 2.75) is 37.8 Å². The Balaban J connectivity index is 1.63. The molecule has 2 unspecified atom stereocenters. The standard InChI is InChI=1S/C18H22N2O3/c1-2-17(21)19-14-8-6-13(7-9-14)10-18(22)20-15-4-3-5-16(20)12-23-11-15/h2,6-9,15-16H,1,3-5,10-12H2,(H,19,21). The van der Waals surface area contributed by atoms with Gasteiger partial charge >= 0.3 is 0 Å². The van der Waals surface area contributed by atoms with Crippen molar-refractivity contribution in [3.05, 3.63) is 42.5 Å². The van der Waals surface area contributed by atoms with E-state index in [4.69, 9.17) is 4.74 Å². The number of nitrogens with one attached hydrogen (secondary N) is 1. The van der Waals surface area contributed by atoms with E-state index in [1.165, 1.54) is 12.5 Å². The van der Waals surface area contributed by atoms with Crippen molar-refractivity contribution in [1.82, 2.24) is 4.90 Å². The Morgan fingerprint density at radius 1 is 1.22 bits per heavy atom. The van der Waals surface area contributed by atoms with Crippen LogP contribution in [0.2, 0.25) is 0 Å². The van der Waals surface area contributed by atoms with E-state index in [2.05, 4.69) is 11.9 Å². The third-order valence-electron chi connectivity index (χ3n) is 4.53. The molecule has 2 saturated heterocycles. The van der Waals surface area contributed by atoms with E-state index >= 15 is 0 Å². The lowest BCUT2D eigenvalue weighted by molar-refractivity contribution is -0.149. The highest BCUT2D eigenvalue weighted by atomic mass is 16.5. The molecular formula is C18H22N2O3. The lowest BCUT2D eigenvalue weighted by Crippen LogP contribution is -2.57. The highest BCUT2D eigenvalue weighted by Crippen LogP contribution is 2.28. The van der Waals surface area contributed by atoms with Crippen molar-refractivity contribution in [3.8, 4) is 0 Å². The third-order valence-corrected chi connectivity index (χ3v) is 4.53. The van der Waals surface area contributed by atoms with Crippen LogP contribution in [0.4, 0.5) is 5.69 Å². The first-order valence-electron chi connectivity index (χ1n) is 8.08. The molecule has 0 radical (unpaired) electrons. The highest BCUT2D eigenvalue weighted by Gasteiger charge is 2.37. The summed E-state index contributed by atoms with van der Waals surface area (Å²) < 4.78 is 5.59. The number of carbonyl (C=O) groups excluding carboxylic acids is 2. The molecule has 2 aliphatic heterocycles. The first-order chi connectivity index (χ1) is 11.2. The molecule has 5 heteroatoms. The van der Waals surface area contributed by atoms with Crippen LogP contribution in [0.5, 0.6) is 0 Å². The molecule has 122 valence electrons. The number of hydrogen-bond donors (Lipinski definition) is 1. The first-order valence-corrected chi connectivity index (χ1v) is 8.08. The van der Waals surface area contributed by atoms with Gasteiger partial charge in [0.2, 0.25) is 11.8 Å². The van der Waals surface area contributed by atoms with Crippen LogP contribution >= 0.6 is 0 Å². The molecule has 2 heterocycles. The molecule has 5 nitrogen and oxygen atoms in total. The number of anilines is 1. The smallest absolute Gasteiger partial charge is 0.247 e. The van der Waals surface area contributed by atoms with Crippen molar-refractivity contribution >= 4 is 17.5 Å². The fourth-order valence-electron chi connectivity index (χ4n) is 3.41. The van der Waals surface area contributed by atoms with Gasteiger partial charge in [0.1, 0.15) is 0 Å². The van der Waals surface area contributed by atoms with Gasteiger partial charge in [0.05, 0.1) is 31.7 Å². The van der Waals surface area contributed by atoms with E-state index in [0.29, 0.717) is 25.3 Å². The van der Waals surface area contributed by atoms with E-state index in [9.17, 15) is 9.59 Å². The lowest BCUT2D eigenvalue weighted by Gasteiger charge is -2.45. The number of carbonyl (C=O) groups is 2. The van der Waals surface area contributed by atoms with E-state index in [1.807, 2.05) is 29.2 Å². The molecule has 2 bridgehead atoms. The van der Waals surface area contributed by atoms with Gasteiger partial charge in [-0.3, -0.25) is 9.59 Å². The van der Waals surface area contributed by atoms with Crippen LogP contribution in [-0.2, 0) is 20.7 Å². The molecule has 2 aliphatic rings. The minimum absolute atomic E-state index is 0.172. The Hall–Kier alpha value is -2.14. The predicted octanol–water partition coefficient (Wildman–Crippen LogP) is 2.13. The van der Waals surface area contributed by atoms with Gasteiger partial charge in [-0.25, -0.2) is 0 Å². The summed E-state index contributed by atoms with van der Waals surface area (Å²) in [5.74, 6) is -0.0687. The maximum absolute atomic E-state index is 12.7. The van der Waals surface area contributed by atoms with Crippen molar-refractivity contribution in [3.63, 3.8) is 0 Å². The summed E-state index contributed by atoms with van der Waals surface area (Å²) in [6, 6.07) is 7.86. The number of piperidine rings is 1. The summed E-state index contributed by atoms with van der Waals surface area (Å²) in [4.78, 5) is 26.0. The first kappa shape index (κ1) is 15.7. The molecule has 1 aromatic carbocycles. The number of rotatable bonds is 4. The minimum atomic E-state index is -0.241. The fourth-order valence-corrected chi connectivity index (χ4v) is 3.41. The summed E-state index contributed by atoms with van der Waals surface area (Å²) in [7, 11) is 0. The average molecular weight is 314 g/mol. The van der Waals surface area contributed by atoms with Gasteiger partial charge in [0.25, 0.3) is 0 Å². The Labute approximate surface area is 136 Å². The normalized spacial score (nSPS) is 23.2. The molecule has 0 spiro atoms. The van der Waals surface area contributed by atoms with Crippen LogP contribution in [0.25, 0.3) is 0 Å². The average Bonchev–Trinajstić information content (AvgIpc) is 2.55. The molecule has 23 heavy (non-hydrogen) atoms. The molecule has 3 rings (SSSR count). The van der Waals surface area contributed by atoms with Crippen molar-refractivity contribution in [2.24, 2.45) is 0 Å². The number of amides is 2. The monoisotopic (exact) mass is 314 g/mol. The third kappa shape index (κ3) is 3.62. The topological polar surface area (TPSA) is 58.6 Å². The number of nitrogens with zero attached hydrogens (tertiary/aromatic N) is 1. The SMILES string of the molecule is C=CC(=O)Nc1ccc(CC(=O)N2C3CCCC2COC3)cc1. The van der Waals surface area contributed by atoms with Gasteiger partial charge in [-0.15, -0.1) is 0 Å². The lowest BCUT2D eigenvalue weighted by atomic mass is 9.93. The Bertz CT molecular complexity index is 575. The van der Waals surface area contributed by atoms with Gasteiger partial charge in [-0.2, -0.15) is 0 Å². The van der Waals surface area contributed by atoms with Gasteiger partial charge in [0.15, 0.2) is 0 Å². The second-order valence-corrected chi connectivity index (χ2v) is 6.14. The zero-order valence-corrected chi connectivity index (χ0v) is 13.2. The van der Waals surface area contributed by atoms with Gasteiger partial charge < -0.3 is 15.0 Å². The molecule has 0 aromatic heterocycles. The van der Waals surface area contributed by atoms with Crippen LogP contribution in [0.3, 0.4) is 0 Å². The summed E-state index contributed by atoms with van der Waals surface area (Å²) >= 11 is 0. The number of ether oxygens (including phenoxy) is 1.